The van der Waals surface area contributed by atoms with E-state index in [2.05, 4.69) is 19.9 Å². The molecule has 0 saturated heterocycles. The van der Waals surface area contributed by atoms with E-state index in [4.69, 9.17) is 10.5 Å². The van der Waals surface area contributed by atoms with E-state index < -0.39 is 0 Å². The van der Waals surface area contributed by atoms with Gasteiger partial charge in [-0.05, 0) is 37.1 Å². The van der Waals surface area contributed by atoms with Gasteiger partial charge in [0.1, 0.15) is 17.0 Å². The van der Waals surface area contributed by atoms with Crippen LogP contribution in [-0.2, 0) is 0 Å². The van der Waals surface area contributed by atoms with E-state index in [0.29, 0.717) is 5.65 Å². The van der Waals surface area contributed by atoms with Gasteiger partial charge in [0.25, 0.3) is 0 Å². The highest BCUT2D eigenvalue weighted by Gasteiger charge is 2.14. The number of benzene rings is 1. The number of methoxy groups -OCH3 is 1. The third-order valence-corrected chi connectivity index (χ3v) is 3.30. The van der Waals surface area contributed by atoms with Crippen LogP contribution >= 0.6 is 0 Å². The highest BCUT2D eigenvalue weighted by atomic mass is 16.5. The largest absolute Gasteiger partial charge is 0.496 e. The van der Waals surface area contributed by atoms with E-state index in [1.807, 2.05) is 26.0 Å². The van der Waals surface area contributed by atoms with Crippen LogP contribution in [0.15, 0.2) is 18.5 Å². The molecule has 0 bridgehead atoms. The number of anilines is 1. The molecule has 0 unspecified atom stereocenters. The lowest BCUT2D eigenvalue weighted by Crippen LogP contribution is -1.99. The van der Waals surface area contributed by atoms with Crippen LogP contribution in [0.25, 0.3) is 22.4 Å². The molecule has 3 rings (SSSR count). The van der Waals surface area contributed by atoms with Gasteiger partial charge in [0.05, 0.1) is 13.4 Å². The predicted octanol–water partition coefficient (Wildman–Crippen LogP) is 2.23. The molecule has 6 nitrogen and oxygen atoms in total. The van der Waals surface area contributed by atoms with E-state index in [0.717, 1.165) is 33.7 Å². The smallest absolute Gasteiger partial charge is 0.222 e. The average Bonchev–Trinajstić information content (AvgIpc) is 2.88. The van der Waals surface area contributed by atoms with Crippen LogP contribution in [-0.4, -0.2) is 27.0 Å². The van der Waals surface area contributed by atoms with Gasteiger partial charge in [-0.3, -0.25) is 0 Å². The number of nitrogens with one attached hydrogen (secondary N) is 1. The Morgan fingerprint density at radius 3 is 2.70 bits per heavy atom. The quantitative estimate of drug-likeness (QED) is 0.744. The van der Waals surface area contributed by atoms with Crippen molar-refractivity contribution in [2.75, 3.05) is 12.8 Å². The Morgan fingerprint density at radius 2 is 1.95 bits per heavy atom. The Balaban J connectivity index is 2.30. The summed E-state index contributed by atoms with van der Waals surface area (Å²) in [5.74, 6) is 1.07. The van der Waals surface area contributed by atoms with Crippen molar-refractivity contribution in [2.24, 2.45) is 0 Å². The fourth-order valence-corrected chi connectivity index (χ4v) is 2.31. The first-order chi connectivity index (χ1) is 9.60. The molecule has 0 amide bonds. The van der Waals surface area contributed by atoms with Crippen molar-refractivity contribution in [1.29, 1.82) is 0 Å². The number of nitrogen functional groups attached to an aromatic ring is 1. The van der Waals surface area contributed by atoms with E-state index in [1.165, 1.54) is 0 Å². The number of aromatic amines is 1. The second kappa shape index (κ2) is 4.48. The number of fused-ring (bicyclic) bond motifs is 1. The number of aromatic nitrogens is 4. The van der Waals surface area contributed by atoms with Gasteiger partial charge in [-0.15, -0.1) is 0 Å². The summed E-state index contributed by atoms with van der Waals surface area (Å²) >= 11 is 0. The van der Waals surface area contributed by atoms with E-state index >= 15 is 0 Å². The summed E-state index contributed by atoms with van der Waals surface area (Å²) in [5.41, 5.74) is 11.0. The van der Waals surface area contributed by atoms with Gasteiger partial charge in [0, 0.05) is 5.56 Å². The lowest BCUT2D eigenvalue weighted by molar-refractivity contribution is 0.411. The molecule has 0 atom stereocenters. The van der Waals surface area contributed by atoms with E-state index in [-0.39, 0.29) is 5.95 Å². The van der Waals surface area contributed by atoms with Gasteiger partial charge < -0.3 is 15.5 Å². The first-order valence-electron chi connectivity index (χ1n) is 6.22. The average molecular weight is 269 g/mol. The zero-order valence-corrected chi connectivity index (χ0v) is 11.6. The van der Waals surface area contributed by atoms with Crippen molar-refractivity contribution in [3.8, 4) is 17.0 Å². The van der Waals surface area contributed by atoms with Crippen molar-refractivity contribution in [1.82, 2.24) is 19.9 Å². The molecule has 3 N–H and O–H groups in total. The fourth-order valence-electron chi connectivity index (χ4n) is 2.31. The fraction of sp³-hybridized carbons (Fsp3) is 0.214. The Bertz CT molecular complexity index is 794. The summed E-state index contributed by atoms with van der Waals surface area (Å²) in [6.07, 6.45) is 1.59. The number of rotatable bonds is 2. The molecular formula is C14H15N5O. The normalized spacial score (nSPS) is 10.9. The summed E-state index contributed by atoms with van der Waals surface area (Å²) in [5, 5.41) is 0. The molecule has 1 aromatic carbocycles. The minimum absolute atomic E-state index is 0.215. The number of aryl methyl sites for hydroxylation is 2. The number of ether oxygens (including phenoxy) is 1. The van der Waals surface area contributed by atoms with Gasteiger partial charge in [0.2, 0.25) is 5.95 Å². The summed E-state index contributed by atoms with van der Waals surface area (Å²) in [6, 6.07) is 4.03. The molecule has 3 aromatic rings. The maximum absolute atomic E-state index is 5.76. The Hall–Kier alpha value is -2.63. The lowest BCUT2D eigenvalue weighted by atomic mass is 10.0. The third-order valence-electron chi connectivity index (χ3n) is 3.30. The highest BCUT2D eigenvalue weighted by Crippen LogP contribution is 2.32. The Kier molecular flexibility index (Phi) is 2.78. The maximum atomic E-state index is 5.76. The summed E-state index contributed by atoms with van der Waals surface area (Å²) in [7, 11) is 1.66. The molecule has 0 spiro atoms. The van der Waals surface area contributed by atoms with Crippen LogP contribution in [0.1, 0.15) is 11.1 Å². The Labute approximate surface area is 116 Å². The molecule has 20 heavy (non-hydrogen) atoms. The molecule has 2 aromatic heterocycles. The molecule has 0 aliphatic heterocycles. The Morgan fingerprint density at radius 1 is 1.15 bits per heavy atom. The number of nitrogens with zero attached hydrogens (tertiary/aromatic N) is 3. The third kappa shape index (κ3) is 1.85. The zero-order chi connectivity index (χ0) is 14.3. The molecule has 0 saturated carbocycles. The van der Waals surface area contributed by atoms with E-state index in [1.54, 1.807) is 13.4 Å². The first kappa shape index (κ1) is 12.4. The lowest BCUT2D eigenvalue weighted by Gasteiger charge is -2.11. The molecule has 102 valence electrons. The van der Waals surface area contributed by atoms with Crippen LogP contribution in [0.5, 0.6) is 5.75 Å². The number of hydrogen-bond acceptors (Lipinski definition) is 5. The summed E-state index contributed by atoms with van der Waals surface area (Å²) in [4.78, 5) is 15.7. The van der Waals surface area contributed by atoms with E-state index in [9.17, 15) is 0 Å². The SMILES string of the molecule is COc1cc(C)c(-c2nc(N)nc3nc[nH]c23)cc1C. The number of hydrogen-bond donors (Lipinski definition) is 2. The van der Waals surface area contributed by atoms with Crippen LogP contribution in [0.4, 0.5) is 5.95 Å². The van der Waals surface area contributed by atoms with Crippen molar-refractivity contribution in [2.45, 2.75) is 13.8 Å². The predicted molar refractivity (Wildman–Crippen MR) is 77.6 cm³/mol. The second-order valence-electron chi connectivity index (χ2n) is 4.67. The zero-order valence-electron chi connectivity index (χ0n) is 11.6. The van der Waals surface area contributed by atoms with Crippen LogP contribution in [0.2, 0.25) is 0 Å². The van der Waals surface area contributed by atoms with Crippen molar-refractivity contribution < 1.29 is 4.74 Å². The van der Waals surface area contributed by atoms with Gasteiger partial charge in [-0.1, -0.05) is 0 Å². The van der Waals surface area contributed by atoms with Crippen molar-refractivity contribution >= 4 is 17.1 Å². The number of imidazole rings is 1. The van der Waals surface area contributed by atoms with Crippen LogP contribution in [0, 0.1) is 13.8 Å². The maximum Gasteiger partial charge on any atom is 0.222 e. The summed E-state index contributed by atoms with van der Waals surface area (Å²) in [6.45, 7) is 4.01. The van der Waals surface area contributed by atoms with Gasteiger partial charge in [-0.25, -0.2) is 9.97 Å². The molecule has 6 heteroatoms. The van der Waals surface area contributed by atoms with Gasteiger partial charge in [-0.2, -0.15) is 4.98 Å². The van der Waals surface area contributed by atoms with Crippen molar-refractivity contribution in [3.63, 3.8) is 0 Å². The highest BCUT2D eigenvalue weighted by molar-refractivity contribution is 5.89. The standard InChI is InChI=1S/C14H15N5O/c1-7-5-10(20-3)8(2)4-9(7)11-12-13(17-6-16-12)19-14(15)18-11/h4-6H,1-3H3,(H3,15,16,17,18,19). The van der Waals surface area contributed by atoms with Gasteiger partial charge in [0.15, 0.2) is 5.65 Å². The molecule has 2 heterocycles. The number of nitrogens with two attached hydrogens (primary N) is 1. The molecule has 0 aliphatic rings. The monoisotopic (exact) mass is 269 g/mol. The topological polar surface area (TPSA) is 89.7 Å². The summed E-state index contributed by atoms with van der Waals surface area (Å²) < 4.78 is 5.34. The molecular weight excluding hydrogens is 254 g/mol. The second-order valence-corrected chi connectivity index (χ2v) is 4.67. The van der Waals surface area contributed by atoms with Crippen LogP contribution in [0.3, 0.4) is 0 Å². The first-order valence-corrected chi connectivity index (χ1v) is 6.22. The minimum atomic E-state index is 0.215. The van der Waals surface area contributed by atoms with Crippen LogP contribution < -0.4 is 10.5 Å². The van der Waals surface area contributed by atoms with Crippen molar-refractivity contribution in [3.05, 3.63) is 29.6 Å². The molecule has 0 fully saturated rings. The number of H-pyrrole nitrogens is 1. The molecule has 0 radical (unpaired) electrons. The van der Waals surface area contributed by atoms with Gasteiger partial charge >= 0.3 is 0 Å². The molecule has 0 aliphatic carbocycles. The minimum Gasteiger partial charge on any atom is -0.496 e.